The van der Waals surface area contributed by atoms with Crippen LogP contribution in [0.15, 0.2) is 79.1 Å². The maximum absolute atomic E-state index is 6.65. The monoisotopic (exact) mass is 414 g/mol. The number of nitrogens with zero attached hydrogens (tertiary/aromatic N) is 2. The van der Waals surface area contributed by atoms with Crippen LogP contribution in [-0.4, -0.2) is 0 Å². The minimum atomic E-state index is -0.473. The van der Waals surface area contributed by atoms with Crippen molar-refractivity contribution in [3.63, 3.8) is 0 Å². The van der Waals surface area contributed by atoms with E-state index in [1.165, 1.54) is 49.6 Å². The Morgan fingerprint density at radius 2 is 1.47 bits per heavy atom. The Morgan fingerprint density at radius 3 is 2.34 bits per heavy atom. The number of hydrogen-bond donors (Lipinski definition) is 0. The highest BCUT2D eigenvalue weighted by Crippen LogP contribution is 2.58. The lowest BCUT2D eigenvalue weighted by molar-refractivity contribution is -0.950. The molecule has 3 aromatic carbocycles. The highest BCUT2D eigenvalue weighted by molar-refractivity contribution is 6.09. The molecule has 3 nitrogen and oxygen atoms in total. The average molecular weight is 415 g/mol. The van der Waals surface area contributed by atoms with Gasteiger partial charge in [0.25, 0.3) is 0 Å². The summed E-state index contributed by atoms with van der Waals surface area (Å²) in [7, 11) is 0. The van der Waals surface area contributed by atoms with Gasteiger partial charge in [-0.1, -0.05) is 39.0 Å². The van der Waals surface area contributed by atoms with Crippen LogP contribution in [0.1, 0.15) is 37.5 Å². The molecule has 1 atom stereocenters. The summed E-state index contributed by atoms with van der Waals surface area (Å²) in [5, 5.41) is 3.83. The molecule has 2 aromatic heterocycles. The molecule has 3 aliphatic heterocycles. The number of ether oxygens (including phenoxy) is 1. The number of hydrogen-bond acceptors (Lipinski definition) is 1. The summed E-state index contributed by atoms with van der Waals surface area (Å²) in [6.45, 7) is 6.91. The molecule has 3 heteroatoms. The summed E-state index contributed by atoms with van der Waals surface area (Å²) in [5.74, 6) is 1.92. The van der Waals surface area contributed by atoms with E-state index in [-0.39, 0.29) is 5.41 Å². The smallest absolute Gasteiger partial charge is 0.425 e. The van der Waals surface area contributed by atoms with E-state index in [4.69, 9.17) is 4.74 Å². The van der Waals surface area contributed by atoms with Crippen LogP contribution in [0.3, 0.4) is 0 Å². The molecular formula is C29H22N2O+2. The summed E-state index contributed by atoms with van der Waals surface area (Å²) in [5.41, 5.74) is 7.28. The molecule has 0 fully saturated rings. The first-order chi connectivity index (χ1) is 15.5. The van der Waals surface area contributed by atoms with Crippen LogP contribution < -0.4 is 13.9 Å². The van der Waals surface area contributed by atoms with Crippen molar-refractivity contribution in [2.45, 2.75) is 31.8 Å². The SMILES string of the molecule is CC(C)(C)c1ccc2c3c1-c1cccc[n+]1C31c3c(ccc4ccc5ccc[n+]1c5c34)O2. The van der Waals surface area contributed by atoms with E-state index in [2.05, 4.69) is 109 Å². The Bertz CT molecular complexity index is 1690. The Morgan fingerprint density at radius 1 is 0.719 bits per heavy atom. The summed E-state index contributed by atoms with van der Waals surface area (Å²) >= 11 is 0. The maximum Gasteiger partial charge on any atom is 0.425 e. The molecule has 8 rings (SSSR count). The third-order valence-corrected chi connectivity index (χ3v) is 7.61. The van der Waals surface area contributed by atoms with Crippen molar-refractivity contribution in [1.82, 2.24) is 0 Å². The van der Waals surface area contributed by atoms with Gasteiger partial charge in [0.15, 0.2) is 23.5 Å². The van der Waals surface area contributed by atoms with Gasteiger partial charge in [0.2, 0.25) is 11.2 Å². The van der Waals surface area contributed by atoms with E-state index in [1.807, 2.05) is 0 Å². The minimum absolute atomic E-state index is 0.0119. The topological polar surface area (TPSA) is 17.0 Å². The molecule has 0 radical (unpaired) electrons. The normalized spacial score (nSPS) is 18.8. The molecule has 0 saturated carbocycles. The predicted octanol–water partition coefficient (Wildman–Crippen LogP) is 5.56. The zero-order valence-electron chi connectivity index (χ0n) is 18.3. The lowest BCUT2D eigenvalue weighted by atomic mass is 9.78. The third-order valence-electron chi connectivity index (χ3n) is 7.61. The fourth-order valence-corrected chi connectivity index (χ4v) is 6.47. The molecule has 0 N–H and O–H groups in total. The van der Waals surface area contributed by atoms with Crippen molar-refractivity contribution in [3.8, 4) is 22.8 Å². The Hall–Kier alpha value is -3.72. The van der Waals surface area contributed by atoms with E-state index < -0.39 is 5.66 Å². The standard InChI is InChI=1S/C29H22N2O/c1-28(2,3)19-12-14-22-26-24(19)20-8-4-5-15-30(20)29(26)25-21(32-22)13-11-17-9-10-18-7-6-16-31(29)27(18)23(17)25/h4-16H,1-3H3/q+2. The van der Waals surface area contributed by atoms with Crippen LogP contribution >= 0.6 is 0 Å². The van der Waals surface area contributed by atoms with E-state index >= 15 is 0 Å². The Balaban J connectivity index is 1.70. The third kappa shape index (κ3) is 1.61. The van der Waals surface area contributed by atoms with Crippen molar-refractivity contribution >= 4 is 21.7 Å². The van der Waals surface area contributed by atoms with Gasteiger partial charge in [-0.2, -0.15) is 0 Å². The zero-order chi connectivity index (χ0) is 21.4. The summed E-state index contributed by atoms with van der Waals surface area (Å²) in [6, 6.07) is 24.3. The second-order valence-electron chi connectivity index (χ2n) is 10.3. The largest absolute Gasteiger partial charge is 0.456 e. The molecule has 152 valence electrons. The van der Waals surface area contributed by atoms with Crippen LogP contribution in [-0.2, 0) is 11.1 Å². The van der Waals surface area contributed by atoms with Crippen LogP contribution in [0.5, 0.6) is 11.5 Å². The second-order valence-corrected chi connectivity index (χ2v) is 10.3. The van der Waals surface area contributed by atoms with Crippen LogP contribution in [0.4, 0.5) is 0 Å². The quantitative estimate of drug-likeness (QED) is 0.234. The van der Waals surface area contributed by atoms with Crippen LogP contribution in [0.25, 0.3) is 32.9 Å². The Kier molecular flexibility index (Phi) is 2.65. The molecule has 0 bridgehead atoms. The van der Waals surface area contributed by atoms with E-state index in [9.17, 15) is 0 Å². The number of pyridine rings is 2. The lowest BCUT2D eigenvalue weighted by Gasteiger charge is -2.27. The van der Waals surface area contributed by atoms with Gasteiger partial charge in [-0.25, -0.2) is 0 Å². The molecule has 1 spiro atoms. The lowest BCUT2D eigenvalue weighted by Crippen LogP contribution is -2.71. The van der Waals surface area contributed by atoms with Gasteiger partial charge in [0.05, 0.1) is 10.9 Å². The number of benzene rings is 3. The van der Waals surface area contributed by atoms with Gasteiger partial charge >= 0.3 is 5.66 Å². The van der Waals surface area contributed by atoms with Gasteiger partial charge in [0, 0.05) is 23.6 Å². The summed E-state index contributed by atoms with van der Waals surface area (Å²) in [4.78, 5) is 0. The van der Waals surface area contributed by atoms with Gasteiger partial charge in [-0.15, -0.1) is 9.13 Å². The summed E-state index contributed by atoms with van der Waals surface area (Å²) in [6.07, 6.45) is 4.50. The van der Waals surface area contributed by atoms with E-state index in [0.717, 1.165) is 11.5 Å². The van der Waals surface area contributed by atoms with E-state index in [1.54, 1.807) is 0 Å². The number of aromatic nitrogens is 2. The minimum Gasteiger partial charge on any atom is -0.456 e. The maximum atomic E-state index is 6.65. The Labute approximate surface area is 186 Å². The first kappa shape index (κ1) is 16.9. The molecular weight excluding hydrogens is 392 g/mol. The molecule has 0 aliphatic carbocycles. The predicted molar refractivity (Wildman–Crippen MR) is 124 cm³/mol. The molecule has 3 aliphatic rings. The number of fused-ring (bicyclic) bond motifs is 2. The van der Waals surface area contributed by atoms with Crippen LogP contribution in [0.2, 0.25) is 0 Å². The zero-order valence-corrected chi connectivity index (χ0v) is 18.3. The van der Waals surface area contributed by atoms with Gasteiger partial charge in [-0.05, 0) is 46.7 Å². The molecule has 0 saturated heterocycles. The fraction of sp³-hybridized carbons (Fsp3) is 0.172. The van der Waals surface area contributed by atoms with Crippen molar-refractivity contribution in [3.05, 3.63) is 95.8 Å². The highest BCUT2D eigenvalue weighted by atomic mass is 16.5. The molecule has 5 heterocycles. The van der Waals surface area contributed by atoms with Crippen molar-refractivity contribution < 1.29 is 13.9 Å². The van der Waals surface area contributed by atoms with Gasteiger partial charge in [0.1, 0.15) is 11.5 Å². The molecule has 1 unspecified atom stereocenters. The van der Waals surface area contributed by atoms with Gasteiger partial charge < -0.3 is 4.74 Å². The van der Waals surface area contributed by atoms with Crippen molar-refractivity contribution in [2.75, 3.05) is 0 Å². The average Bonchev–Trinajstić information content (AvgIpc) is 3.28. The first-order valence-electron chi connectivity index (χ1n) is 11.3. The summed E-state index contributed by atoms with van der Waals surface area (Å²) < 4.78 is 11.6. The fourth-order valence-electron chi connectivity index (χ4n) is 6.47. The van der Waals surface area contributed by atoms with Crippen LogP contribution in [0, 0.1) is 0 Å². The van der Waals surface area contributed by atoms with Gasteiger partial charge in [-0.3, -0.25) is 0 Å². The molecule has 0 amide bonds. The highest BCUT2D eigenvalue weighted by Gasteiger charge is 2.70. The molecule has 5 aromatic rings. The second kappa shape index (κ2) is 5.02. The first-order valence-corrected chi connectivity index (χ1v) is 11.3. The number of rotatable bonds is 0. The van der Waals surface area contributed by atoms with Crippen molar-refractivity contribution in [1.29, 1.82) is 0 Å². The van der Waals surface area contributed by atoms with E-state index in [0.29, 0.717) is 0 Å². The molecule has 32 heavy (non-hydrogen) atoms. The van der Waals surface area contributed by atoms with Crippen molar-refractivity contribution in [2.24, 2.45) is 0 Å².